The Hall–Kier alpha value is -3.17. The zero-order chi connectivity index (χ0) is 22.2. The third-order valence-corrected chi connectivity index (χ3v) is 6.74. The van der Waals surface area contributed by atoms with Crippen molar-refractivity contribution in [3.63, 3.8) is 0 Å². The van der Waals surface area contributed by atoms with Gasteiger partial charge in [0.25, 0.3) is 0 Å². The first kappa shape index (κ1) is 20.7. The molecule has 1 N–H and O–H groups in total. The first-order valence-corrected chi connectivity index (χ1v) is 11.1. The second-order valence-corrected chi connectivity index (χ2v) is 8.95. The van der Waals surface area contributed by atoms with E-state index in [1.54, 1.807) is 21.9 Å². The summed E-state index contributed by atoms with van der Waals surface area (Å²) < 4.78 is 13.3. The number of nitrogens with zero attached hydrogens (tertiary/aromatic N) is 2. The van der Waals surface area contributed by atoms with Crippen LogP contribution in [0.4, 0.5) is 4.39 Å². The average Bonchev–Trinajstić information content (AvgIpc) is 3.58. The van der Waals surface area contributed by atoms with Crippen molar-refractivity contribution in [2.75, 3.05) is 19.7 Å². The molecule has 2 aliphatic heterocycles. The molecular weight excluding hydrogens is 407 g/mol. The number of piperazine rings is 1. The van der Waals surface area contributed by atoms with Crippen LogP contribution in [0.15, 0.2) is 48.5 Å². The van der Waals surface area contributed by atoms with Crippen LogP contribution in [0.1, 0.15) is 41.9 Å². The van der Waals surface area contributed by atoms with Crippen molar-refractivity contribution >= 4 is 11.8 Å². The Balaban J connectivity index is 1.32. The van der Waals surface area contributed by atoms with Crippen LogP contribution in [0.25, 0.3) is 0 Å². The van der Waals surface area contributed by atoms with Crippen molar-refractivity contribution in [1.82, 2.24) is 9.80 Å². The molecule has 0 radical (unpaired) electrons. The molecule has 2 aromatic carbocycles. The van der Waals surface area contributed by atoms with Crippen molar-refractivity contribution in [3.8, 4) is 11.8 Å². The molecule has 1 saturated carbocycles. The van der Waals surface area contributed by atoms with Gasteiger partial charge >= 0.3 is 0 Å². The molecule has 0 spiro atoms. The van der Waals surface area contributed by atoms with Gasteiger partial charge in [0.2, 0.25) is 11.8 Å². The fourth-order valence-electron chi connectivity index (χ4n) is 4.89. The van der Waals surface area contributed by atoms with Gasteiger partial charge in [0.15, 0.2) is 0 Å². The zero-order valence-electron chi connectivity index (χ0n) is 17.7. The van der Waals surface area contributed by atoms with Gasteiger partial charge in [0.05, 0.1) is 25.2 Å². The number of hydrogen-bond acceptors (Lipinski definition) is 3. The molecule has 3 atom stereocenters. The zero-order valence-corrected chi connectivity index (χ0v) is 17.7. The van der Waals surface area contributed by atoms with Crippen LogP contribution >= 0.6 is 0 Å². The molecule has 2 heterocycles. The fourth-order valence-corrected chi connectivity index (χ4v) is 4.89. The fraction of sp³-hybridized carbons (Fsp3) is 0.385. The molecule has 2 aromatic rings. The lowest BCUT2D eigenvalue weighted by Gasteiger charge is -2.58. The van der Waals surface area contributed by atoms with Crippen LogP contribution in [0.5, 0.6) is 0 Å². The van der Waals surface area contributed by atoms with Gasteiger partial charge in [-0.05, 0) is 54.7 Å². The van der Waals surface area contributed by atoms with Crippen LogP contribution < -0.4 is 0 Å². The van der Waals surface area contributed by atoms with Crippen molar-refractivity contribution < 1.29 is 19.1 Å². The van der Waals surface area contributed by atoms with Crippen molar-refractivity contribution in [2.45, 2.75) is 37.3 Å². The van der Waals surface area contributed by atoms with Gasteiger partial charge in [-0.3, -0.25) is 9.59 Å². The van der Waals surface area contributed by atoms with Crippen molar-refractivity contribution in [2.24, 2.45) is 5.92 Å². The summed E-state index contributed by atoms with van der Waals surface area (Å²) in [6.07, 6.45) is 2.74. The smallest absolute Gasteiger partial charge is 0.242 e. The maximum absolute atomic E-state index is 13.3. The molecule has 1 aliphatic carbocycles. The van der Waals surface area contributed by atoms with Crippen molar-refractivity contribution in [3.05, 3.63) is 71.0 Å². The molecule has 0 aromatic heterocycles. The molecule has 0 unspecified atom stereocenters. The number of amides is 2. The van der Waals surface area contributed by atoms with E-state index in [1.165, 1.54) is 12.1 Å². The standard InChI is InChI=1S/C26H25FN2O3/c27-21-3-1-2-18(12-21)5-4-17-8-10-20(11-9-17)26-22-14-28(24(31)13-19-6-7-19)15-25(32)29(22)23(26)16-30/h1-3,8-12,19,22-23,26,30H,6-7,13-16H2/t22-,23-,26-/m0/s1. The average molecular weight is 432 g/mol. The summed E-state index contributed by atoms with van der Waals surface area (Å²) in [6.45, 7) is 0.517. The summed E-state index contributed by atoms with van der Waals surface area (Å²) in [7, 11) is 0. The van der Waals surface area contributed by atoms with E-state index in [0.717, 1.165) is 24.0 Å². The molecule has 0 bridgehead atoms. The van der Waals surface area contributed by atoms with Crippen LogP contribution in [0.2, 0.25) is 0 Å². The number of hydrogen-bond donors (Lipinski definition) is 1. The highest BCUT2D eigenvalue weighted by Crippen LogP contribution is 2.43. The summed E-state index contributed by atoms with van der Waals surface area (Å²) in [5.74, 6) is 6.13. The minimum Gasteiger partial charge on any atom is -0.394 e. The summed E-state index contributed by atoms with van der Waals surface area (Å²) in [4.78, 5) is 28.7. The number of fused-ring (bicyclic) bond motifs is 1. The van der Waals surface area contributed by atoms with E-state index in [2.05, 4.69) is 11.8 Å². The summed E-state index contributed by atoms with van der Waals surface area (Å²) >= 11 is 0. The maximum Gasteiger partial charge on any atom is 0.242 e. The Bertz CT molecular complexity index is 1100. The van der Waals surface area contributed by atoms with Gasteiger partial charge in [0, 0.05) is 30.0 Å². The predicted molar refractivity (Wildman–Crippen MR) is 117 cm³/mol. The molecule has 5 rings (SSSR count). The van der Waals surface area contributed by atoms with E-state index < -0.39 is 0 Å². The summed E-state index contributed by atoms with van der Waals surface area (Å²) in [6, 6.07) is 13.5. The number of aliphatic hydroxyl groups is 1. The van der Waals surface area contributed by atoms with Gasteiger partial charge in [-0.15, -0.1) is 0 Å². The third kappa shape index (κ3) is 4.01. The Kier molecular flexibility index (Phi) is 5.44. The van der Waals surface area contributed by atoms with E-state index in [-0.39, 0.29) is 48.8 Å². The number of carbonyl (C=O) groups excluding carboxylic acids is 2. The topological polar surface area (TPSA) is 60.9 Å². The van der Waals surface area contributed by atoms with E-state index >= 15 is 0 Å². The van der Waals surface area contributed by atoms with Gasteiger partial charge in [-0.25, -0.2) is 4.39 Å². The lowest BCUT2D eigenvalue weighted by molar-refractivity contribution is -0.167. The van der Waals surface area contributed by atoms with Gasteiger partial charge in [0.1, 0.15) is 5.82 Å². The predicted octanol–water partition coefficient (Wildman–Crippen LogP) is 2.52. The van der Waals surface area contributed by atoms with Crippen LogP contribution in [0.3, 0.4) is 0 Å². The van der Waals surface area contributed by atoms with Crippen LogP contribution in [-0.4, -0.2) is 58.5 Å². The van der Waals surface area contributed by atoms with Crippen LogP contribution in [0, 0.1) is 23.6 Å². The monoisotopic (exact) mass is 432 g/mol. The van der Waals surface area contributed by atoms with Gasteiger partial charge in [-0.1, -0.05) is 30.0 Å². The second kappa shape index (κ2) is 8.40. The minimum absolute atomic E-state index is 0.0225. The van der Waals surface area contributed by atoms with E-state index in [9.17, 15) is 19.1 Å². The van der Waals surface area contributed by atoms with Crippen molar-refractivity contribution in [1.29, 1.82) is 0 Å². The number of benzene rings is 2. The summed E-state index contributed by atoms with van der Waals surface area (Å²) in [5, 5.41) is 9.94. The number of halogens is 1. The number of aliphatic hydroxyl groups excluding tert-OH is 1. The highest BCUT2D eigenvalue weighted by Gasteiger charge is 2.54. The summed E-state index contributed by atoms with van der Waals surface area (Å²) in [5.41, 5.74) is 2.43. The first-order valence-electron chi connectivity index (χ1n) is 11.1. The van der Waals surface area contributed by atoms with E-state index in [4.69, 9.17) is 0 Å². The minimum atomic E-state index is -0.316. The molecule has 6 heteroatoms. The van der Waals surface area contributed by atoms with E-state index in [1.807, 2.05) is 24.3 Å². The Labute approximate surface area is 186 Å². The molecule has 2 saturated heterocycles. The lowest BCUT2D eigenvalue weighted by Crippen LogP contribution is -2.73. The van der Waals surface area contributed by atoms with Gasteiger partial charge in [-0.2, -0.15) is 0 Å². The first-order chi connectivity index (χ1) is 15.5. The second-order valence-electron chi connectivity index (χ2n) is 8.95. The Morgan fingerprint density at radius 2 is 1.84 bits per heavy atom. The SMILES string of the molecule is O=C(CC1CC1)N1CC(=O)N2[C@@H](CO)[C@@H](c3ccc(C#Cc4cccc(F)c4)cc3)[C@@H]2C1. The number of carbonyl (C=O) groups is 2. The highest BCUT2D eigenvalue weighted by molar-refractivity contribution is 5.88. The molecule has 3 fully saturated rings. The highest BCUT2D eigenvalue weighted by atomic mass is 19.1. The Morgan fingerprint density at radius 3 is 2.53 bits per heavy atom. The largest absolute Gasteiger partial charge is 0.394 e. The molecule has 3 aliphatic rings. The number of rotatable bonds is 4. The molecule has 164 valence electrons. The van der Waals surface area contributed by atoms with Gasteiger partial charge < -0.3 is 14.9 Å². The molecule has 2 amide bonds. The quantitative estimate of drug-likeness (QED) is 0.756. The molecular formula is C26H25FN2O3. The third-order valence-electron chi connectivity index (χ3n) is 6.74. The van der Waals surface area contributed by atoms with Crippen LogP contribution in [-0.2, 0) is 9.59 Å². The molecule has 5 nitrogen and oxygen atoms in total. The molecule has 32 heavy (non-hydrogen) atoms. The lowest BCUT2D eigenvalue weighted by atomic mass is 9.73. The normalized spacial score (nSPS) is 24.3. The van der Waals surface area contributed by atoms with E-state index in [0.29, 0.717) is 24.4 Å². The maximum atomic E-state index is 13.3. The Morgan fingerprint density at radius 1 is 1.09 bits per heavy atom.